The van der Waals surface area contributed by atoms with Crippen LogP contribution >= 0.6 is 0 Å². The molecule has 0 aromatic carbocycles. The maximum Gasteiger partial charge on any atom is 0.295 e. The maximum atomic E-state index is 13.2. The van der Waals surface area contributed by atoms with Crippen LogP contribution in [-0.4, -0.2) is 68.2 Å². The molecule has 166 valence electrons. The van der Waals surface area contributed by atoms with Crippen molar-refractivity contribution >= 4 is 23.1 Å². The van der Waals surface area contributed by atoms with Crippen molar-refractivity contribution in [2.45, 2.75) is 26.3 Å². The van der Waals surface area contributed by atoms with Crippen LogP contribution in [0.5, 0.6) is 0 Å². The summed E-state index contributed by atoms with van der Waals surface area (Å²) in [5.74, 6) is -1.50. The van der Waals surface area contributed by atoms with Crippen molar-refractivity contribution in [3.05, 3.63) is 70.9 Å². The Morgan fingerprint density at radius 1 is 1.16 bits per heavy atom. The van der Waals surface area contributed by atoms with E-state index in [1.165, 1.54) is 0 Å². The summed E-state index contributed by atoms with van der Waals surface area (Å²) in [6.45, 7) is 4.90. The van der Waals surface area contributed by atoms with Gasteiger partial charge in [-0.15, -0.1) is 0 Å². The first-order valence-corrected chi connectivity index (χ1v) is 10.6. The summed E-state index contributed by atoms with van der Waals surface area (Å²) in [6, 6.07) is 6.66. The van der Waals surface area contributed by atoms with Crippen LogP contribution in [0.25, 0.3) is 11.4 Å². The molecule has 1 aliphatic heterocycles. The Hall–Kier alpha value is -3.52. The van der Waals surface area contributed by atoms with Crippen LogP contribution in [0.3, 0.4) is 0 Å². The zero-order valence-corrected chi connectivity index (χ0v) is 18.7. The van der Waals surface area contributed by atoms with Crippen molar-refractivity contribution in [2.24, 2.45) is 0 Å². The summed E-state index contributed by atoms with van der Waals surface area (Å²) < 4.78 is 1.77. The molecule has 4 heterocycles. The molecule has 1 amide bonds. The first-order valence-electron chi connectivity index (χ1n) is 10.6. The van der Waals surface area contributed by atoms with Gasteiger partial charge in [0.15, 0.2) is 5.76 Å². The highest BCUT2D eigenvalue weighted by molar-refractivity contribution is 6.46. The van der Waals surface area contributed by atoms with E-state index in [0.29, 0.717) is 30.0 Å². The molecule has 4 rings (SSSR count). The number of aryl methyl sites for hydroxylation is 2. The summed E-state index contributed by atoms with van der Waals surface area (Å²) in [5, 5.41) is 11.4. The van der Waals surface area contributed by atoms with Crippen LogP contribution in [0.4, 0.5) is 0 Å². The average Bonchev–Trinajstić information content (AvgIpc) is 3.23. The Morgan fingerprint density at radius 2 is 1.88 bits per heavy atom. The molecule has 1 aliphatic rings. The van der Waals surface area contributed by atoms with Gasteiger partial charge in [0.25, 0.3) is 11.7 Å². The van der Waals surface area contributed by atoms with E-state index >= 15 is 0 Å². The molecule has 8 heteroatoms. The van der Waals surface area contributed by atoms with E-state index in [9.17, 15) is 14.7 Å². The third-order valence-electron chi connectivity index (χ3n) is 5.81. The quantitative estimate of drug-likeness (QED) is 0.365. The van der Waals surface area contributed by atoms with Crippen LogP contribution in [0.1, 0.15) is 35.0 Å². The normalized spacial score (nSPS) is 18.3. The average molecular weight is 434 g/mol. The Morgan fingerprint density at radius 3 is 2.56 bits per heavy atom. The fraction of sp³-hybridized carbons (Fsp3) is 0.333. The third kappa shape index (κ3) is 3.67. The van der Waals surface area contributed by atoms with E-state index < -0.39 is 17.7 Å². The fourth-order valence-electron chi connectivity index (χ4n) is 4.29. The molecule has 0 saturated carbocycles. The van der Waals surface area contributed by atoms with Gasteiger partial charge in [-0.25, -0.2) is 4.98 Å². The number of pyridine rings is 2. The number of nitrogens with zero attached hydrogens (tertiary/aromatic N) is 5. The molecule has 32 heavy (non-hydrogen) atoms. The highest BCUT2D eigenvalue weighted by Gasteiger charge is 2.46. The van der Waals surface area contributed by atoms with Gasteiger partial charge < -0.3 is 14.9 Å². The number of rotatable bonds is 6. The molecule has 8 nitrogen and oxygen atoms in total. The zero-order valence-electron chi connectivity index (χ0n) is 18.7. The van der Waals surface area contributed by atoms with Gasteiger partial charge in [-0.05, 0) is 70.2 Å². The van der Waals surface area contributed by atoms with Gasteiger partial charge in [-0.2, -0.15) is 0 Å². The molecule has 0 aliphatic carbocycles. The Balaban J connectivity index is 1.88. The molecule has 1 atom stereocenters. The lowest BCUT2D eigenvalue weighted by Crippen LogP contribution is -2.32. The lowest BCUT2D eigenvalue weighted by molar-refractivity contribution is -0.139. The summed E-state index contributed by atoms with van der Waals surface area (Å²) in [4.78, 5) is 38.4. The predicted octanol–water partition coefficient (Wildman–Crippen LogP) is 2.72. The number of fused-ring (bicyclic) bond motifs is 1. The second kappa shape index (κ2) is 8.55. The number of ketones is 1. The second-order valence-corrected chi connectivity index (χ2v) is 8.36. The SMILES string of the molecule is Cc1nc2c(C)cccn2c1C(O)=C1C(=O)C(=O)N(CCCN(C)C)[C@@H]1c1ccncc1. The lowest BCUT2D eigenvalue weighted by Gasteiger charge is -2.25. The van der Waals surface area contributed by atoms with Gasteiger partial charge in [0, 0.05) is 25.1 Å². The van der Waals surface area contributed by atoms with Crippen LogP contribution < -0.4 is 0 Å². The van der Waals surface area contributed by atoms with E-state index in [0.717, 1.165) is 17.7 Å². The number of aliphatic hydroxyl groups excluding tert-OH is 1. The molecule has 3 aromatic rings. The van der Waals surface area contributed by atoms with Crippen molar-refractivity contribution in [3.63, 3.8) is 0 Å². The van der Waals surface area contributed by atoms with Gasteiger partial charge in [-0.3, -0.25) is 19.0 Å². The summed E-state index contributed by atoms with van der Waals surface area (Å²) >= 11 is 0. The van der Waals surface area contributed by atoms with Crippen molar-refractivity contribution in [3.8, 4) is 0 Å². The number of imidazole rings is 1. The smallest absolute Gasteiger partial charge is 0.295 e. The topological polar surface area (TPSA) is 91.0 Å². The Bertz CT molecular complexity index is 1210. The first kappa shape index (κ1) is 21.7. The van der Waals surface area contributed by atoms with Gasteiger partial charge in [-0.1, -0.05) is 6.07 Å². The number of aliphatic hydroxyl groups is 1. The van der Waals surface area contributed by atoms with Crippen molar-refractivity contribution in [1.82, 2.24) is 24.2 Å². The number of Topliss-reactive ketones (excluding diaryl/α,β-unsaturated/α-hetero) is 1. The van der Waals surface area contributed by atoms with E-state index in [-0.39, 0.29) is 11.3 Å². The van der Waals surface area contributed by atoms with Gasteiger partial charge in [0.1, 0.15) is 11.3 Å². The van der Waals surface area contributed by atoms with Crippen LogP contribution in [-0.2, 0) is 9.59 Å². The first-order chi connectivity index (χ1) is 15.3. The minimum atomic E-state index is -0.685. The van der Waals surface area contributed by atoms with E-state index in [2.05, 4.69) is 9.97 Å². The molecule has 0 unspecified atom stereocenters. The van der Waals surface area contributed by atoms with Crippen molar-refractivity contribution in [1.29, 1.82) is 0 Å². The maximum absolute atomic E-state index is 13.2. The molecule has 1 fully saturated rings. The van der Waals surface area contributed by atoms with Gasteiger partial charge in [0.2, 0.25) is 0 Å². The van der Waals surface area contributed by atoms with Crippen LogP contribution in [0, 0.1) is 13.8 Å². The fourth-order valence-corrected chi connectivity index (χ4v) is 4.29. The number of amides is 1. The second-order valence-electron chi connectivity index (χ2n) is 8.36. The standard InChI is InChI=1S/C24H27N5O3/c1-15-7-5-13-28-19(16(2)26-23(15)28)21(30)18-20(17-8-10-25-11-9-17)29(24(32)22(18)31)14-6-12-27(3)4/h5,7-11,13,20,30H,6,12,14H2,1-4H3/t20-/m1/s1. The summed E-state index contributed by atoms with van der Waals surface area (Å²) in [5.41, 5.74) is 3.47. The number of hydrogen-bond acceptors (Lipinski definition) is 6. The molecule has 3 aromatic heterocycles. The summed E-state index contributed by atoms with van der Waals surface area (Å²) in [6.07, 6.45) is 5.75. The summed E-state index contributed by atoms with van der Waals surface area (Å²) in [7, 11) is 3.92. The predicted molar refractivity (Wildman–Crippen MR) is 121 cm³/mol. The molecule has 0 radical (unpaired) electrons. The van der Waals surface area contributed by atoms with Crippen LogP contribution in [0.15, 0.2) is 48.4 Å². The van der Waals surface area contributed by atoms with Crippen molar-refractivity contribution < 1.29 is 14.7 Å². The van der Waals surface area contributed by atoms with Gasteiger partial charge in [0.05, 0.1) is 17.3 Å². The minimum Gasteiger partial charge on any atom is -0.505 e. The molecular weight excluding hydrogens is 406 g/mol. The molecule has 1 saturated heterocycles. The van der Waals surface area contributed by atoms with E-state index in [1.807, 2.05) is 38.1 Å². The highest BCUT2D eigenvalue weighted by Crippen LogP contribution is 2.39. The monoisotopic (exact) mass is 433 g/mol. The largest absolute Gasteiger partial charge is 0.505 e. The molecule has 1 N–H and O–H groups in total. The number of likely N-dealkylation sites (tertiary alicyclic amines) is 1. The van der Waals surface area contributed by atoms with Gasteiger partial charge >= 0.3 is 0 Å². The molecule has 0 spiro atoms. The number of aromatic nitrogens is 3. The minimum absolute atomic E-state index is 0.0810. The lowest BCUT2D eigenvalue weighted by atomic mass is 9.97. The zero-order chi connectivity index (χ0) is 23.0. The number of hydrogen-bond donors (Lipinski definition) is 1. The van der Waals surface area contributed by atoms with E-state index in [1.54, 1.807) is 46.9 Å². The Labute approximate surface area is 186 Å². The van der Waals surface area contributed by atoms with Crippen LogP contribution in [0.2, 0.25) is 0 Å². The molecular formula is C24H27N5O3. The number of carbonyl (C=O) groups is 2. The molecule has 0 bridgehead atoms. The van der Waals surface area contributed by atoms with Crippen molar-refractivity contribution in [2.75, 3.05) is 27.2 Å². The highest BCUT2D eigenvalue weighted by atomic mass is 16.3. The Kier molecular flexibility index (Phi) is 5.80. The number of carbonyl (C=O) groups excluding carboxylic acids is 2. The van der Waals surface area contributed by atoms with E-state index in [4.69, 9.17) is 0 Å². The third-order valence-corrected chi connectivity index (χ3v) is 5.81.